The molecule has 0 atom stereocenters. The van der Waals surface area contributed by atoms with Gasteiger partial charge in [-0.2, -0.15) is 0 Å². The van der Waals surface area contributed by atoms with Crippen molar-refractivity contribution in [1.82, 2.24) is 15.0 Å². The van der Waals surface area contributed by atoms with Crippen molar-refractivity contribution in [3.63, 3.8) is 0 Å². The summed E-state index contributed by atoms with van der Waals surface area (Å²) in [6, 6.07) is 3.41. The first kappa shape index (κ1) is 12.7. The fraction of sp³-hybridized carbons (Fsp3) is 0.250. The number of nitrogens with zero attached hydrogens (tertiary/aromatic N) is 3. The van der Waals surface area contributed by atoms with Gasteiger partial charge in [0.15, 0.2) is 17.5 Å². The Balaban J connectivity index is 2.56. The first-order chi connectivity index (χ1) is 8.63. The summed E-state index contributed by atoms with van der Waals surface area (Å²) in [5, 5.41) is 3.29. The molecule has 0 aliphatic heterocycles. The van der Waals surface area contributed by atoms with Crippen LogP contribution in [0.4, 0.5) is 10.2 Å². The van der Waals surface area contributed by atoms with Gasteiger partial charge >= 0.3 is 0 Å². The second kappa shape index (κ2) is 5.27. The van der Waals surface area contributed by atoms with E-state index in [4.69, 9.17) is 11.6 Å². The zero-order valence-electron chi connectivity index (χ0n) is 10.0. The number of nitrogens with one attached hydrogen (secondary N) is 1. The number of halogens is 2. The van der Waals surface area contributed by atoms with Crippen molar-refractivity contribution in [1.29, 1.82) is 0 Å². The van der Waals surface area contributed by atoms with Crippen LogP contribution in [0.15, 0.2) is 18.3 Å². The Morgan fingerprint density at radius 1 is 1.39 bits per heavy atom. The average Bonchev–Trinajstić information content (AvgIpc) is 2.35. The molecule has 0 aliphatic carbocycles. The van der Waals surface area contributed by atoms with Crippen molar-refractivity contribution in [2.45, 2.75) is 13.8 Å². The average molecular weight is 267 g/mol. The standard InChI is InChI=1S/C12H12ClFN4/c1-3-15-11-9(14)7(2)17-12(18-11)10-8(13)5-4-6-16-10/h4-6H,3H2,1-2H3,(H,15,17,18). The van der Waals surface area contributed by atoms with E-state index in [-0.39, 0.29) is 11.5 Å². The molecule has 0 saturated heterocycles. The lowest BCUT2D eigenvalue weighted by Gasteiger charge is -2.08. The van der Waals surface area contributed by atoms with E-state index in [0.717, 1.165) is 0 Å². The van der Waals surface area contributed by atoms with E-state index in [1.807, 2.05) is 6.92 Å². The van der Waals surface area contributed by atoms with Crippen LogP contribution in [0.1, 0.15) is 12.6 Å². The van der Waals surface area contributed by atoms with Gasteiger partial charge in [-0.3, -0.25) is 4.98 Å². The van der Waals surface area contributed by atoms with Gasteiger partial charge in [0.25, 0.3) is 0 Å². The maximum Gasteiger partial charge on any atom is 0.186 e. The molecule has 6 heteroatoms. The van der Waals surface area contributed by atoms with Crippen LogP contribution in [0.25, 0.3) is 11.5 Å². The highest BCUT2D eigenvalue weighted by molar-refractivity contribution is 6.32. The van der Waals surface area contributed by atoms with Crippen molar-refractivity contribution in [2.24, 2.45) is 0 Å². The number of hydrogen-bond donors (Lipinski definition) is 1. The topological polar surface area (TPSA) is 50.7 Å². The quantitative estimate of drug-likeness (QED) is 0.928. The molecule has 0 aliphatic rings. The summed E-state index contributed by atoms with van der Waals surface area (Å²) in [6.45, 7) is 4.02. The van der Waals surface area contributed by atoms with Crippen LogP contribution in [-0.4, -0.2) is 21.5 Å². The summed E-state index contributed by atoms with van der Waals surface area (Å²) >= 11 is 6.02. The molecule has 94 valence electrons. The van der Waals surface area contributed by atoms with Crippen LogP contribution in [0.3, 0.4) is 0 Å². The second-order valence-corrected chi connectivity index (χ2v) is 4.07. The van der Waals surface area contributed by atoms with E-state index in [1.165, 1.54) is 0 Å². The van der Waals surface area contributed by atoms with Crippen LogP contribution in [0.5, 0.6) is 0 Å². The van der Waals surface area contributed by atoms with Gasteiger partial charge in [-0.05, 0) is 26.0 Å². The molecule has 2 aromatic heterocycles. The van der Waals surface area contributed by atoms with Gasteiger partial charge in [-0.1, -0.05) is 11.6 Å². The van der Waals surface area contributed by atoms with Crippen LogP contribution in [0.2, 0.25) is 5.02 Å². The number of aryl methyl sites for hydroxylation is 1. The Morgan fingerprint density at radius 3 is 2.83 bits per heavy atom. The summed E-state index contributed by atoms with van der Waals surface area (Å²) in [5.41, 5.74) is 0.707. The van der Waals surface area contributed by atoms with E-state index < -0.39 is 5.82 Å². The predicted molar refractivity (Wildman–Crippen MR) is 69.1 cm³/mol. The van der Waals surface area contributed by atoms with Crippen LogP contribution in [0, 0.1) is 12.7 Å². The summed E-state index contributed by atoms with van der Waals surface area (Å²) in [5.74, 6) is 0.0322. The highest BCUT2D eigenvalue weighted by Gasteiger charge is 2.14. The van der Waals surface area contributed by atoms with Gasteiger partial charge in [0.2, 0.25) is 0 Å². The van der Waals surface area contributed by atoms with Gasteiger partial charge < -0.3 is 5.32 Å². The molecule has 2 rings (SSSR count). The van der Waals surface area contributed by atoms with Crippen molar-refractivity contribution in [3.05, 3.63) is 34.9 Å². The lowest BCUT2D eigenvalue weighted by atomic mass is 10.3. The van der Waals surface area contributed by atoms with E-state index in [1.54, 1.807) is 25.3 Å². The zero-order valence-corrected chi connectivity index (χ0v) is 10.8. The summed E-state index contributed by atoms with van der Waals surface area (Å²) in [7, 11) is 0. The maximum atomic E-state index is 13.7. The molecular weight excluding hydrogens is 255 g/mol. The van der Waals surface area contributed by atoms with Gasteiger partial charge in [0.1, 0.15) is 5.69 Å². The normalized spacial score (nSPS) is 10.4. The van der Waals surface area contributed by atoms with Crippen LogP contribution < -0.4 is 5.32 Å². The Hall–Kier alpha value is -1.75. The lowest BCUT2D eigenvalue weighted by Crippen LogP contribution is -2.07. The molecule has 0 amide bonds. The highest BCUT2D eigenvalue weighted by atomic mass is 35.5. The Bertz CT molecular complexity index is 574. The molecule has 1 N–H and O–H groups in total. The van der Waals surface area contributed by atoms with Crippen LogP contribution >= 0.6 is 11.6 Å². The smallest absolute Gasteiger partial charge is 0.186 e. The molecule has 0 saturated carbocycles. The number of aromatic nitrogens is 3. The zero-order chi connectivity index (χ0) is 13.1. The van der Waals surface area contributed by atoms with Crippen molar-refractivity contribution in [3.8, 4) is 11.5 Å². The minimum absolute atomic E-state index is 0.168. The van der Waals surface area contributed by atoms with Crippen molar-refractivity contribution < 1.29 is 4.39 Å². The van der Waals surface area contributed by atoms with Crippen molar-refractivity contribution >= 4 is 17.4 Å². The Kier molecular flexibility index (Phi) is 3.72. The van der Waals surface area contributed by atoms with E-state index in [2.05, 4.69) is 20.3 Å². The largest absolute Gasteiger partial charge is 0.368 e. The first-order valence-corrected chi connectivity index (χ1v) is 5.90. The third kappa shape index (κ3) is 2.41. The monoisotopic (exact) mass is 266 g/mol. The number of pyridine rings is 1. The fourth-order valence-electron chi connectivity index (χ4n) is 1.50. The third-order valence-corrected chi connectivity index (χ3v) is 2.64. The molecule has 0 spiro atoms. The van der Waals surface area contributed by atoms with E-state index >= 15 is 0 Å². The summed E-state index contributed by atoms with van der Waals surface area (Å²) in [6.07, 6.45) is 1.59. The lowest BCUT2D eigenvalue weighted by molar-refractivity contribution is 0.606. The third-order valence-electron chi connectivity index (χ3n) is 2.33. The second-order valence-electron chi connectivity index (χ2n) is 3.66. The molecule has 18 heavy (non-hydrogen) atoms. The molecule has 0 fully saturated rings. The first-order valence-electron chi connectivity index (χ1n) is 5.52. The predicted octanol–water partition coefficient (Wildman–Crippen LogP) is 3.07. The molecule has 4 nitrogen and oxygen atoms in total. The van der Waals surface area contributed by atoms with Gasteiger partial charge in [-0.15, -0.1) is 0 Å². The SMILES string of the molecule is CCNc1nc(-c2ncccc2Cl)nc(C)c1F. The molecule has 0 bridgehead atoms. The van der Waals surface area contributed by atoms with Crippen molar-refractivity contribution in [2.75, 3.05) is 11.9 Å². The van der Waals surface area contributed by atoms with Crippen LogP contribution in [-0.2, 0) is 0 Å². The molecular formula is C12H12ClFN4. The fourth-order valence-corrected chi connectivity index (χ4v) is 1.71. The maximum absolute atomic E-state index is 13.7. The minimum Gasteiger partial charge on any atom is -0.368 e. The van der Waals surface area contributed by atoms with Gasteiger partial charge in [0.05, 0.1) is 10.7 Å². The summed E-state index contributed by atoms with van der Waals surface area (Å²) in [4.78, 5) is 12.3. The Morgan fingerprint density at radius 2 is 2.17 bits per heavy atom. The molecule has 0 aromatic carbocycles. The van der Waals surface area contributed by atoms with E-state index in [0.29, 0.717) is 23.1 Å². The molecule has 0 unspecified atom stereocenters. The minimum atomic E-state index is -0.451. The summed E-state index contributed by atoms with van der Waals surface area (Å²) < 4.78 is 13.7. The van der Waals surface area contributed by atoms with E-state index in [9.17, 15) is 4.39 Å². The number of rotatable bonds is 3. The number of anilines is 1. The molecule has 2 aromatic rings. The molecule has 2 heterocycles. The van der Waals surface area contributed by atoms with Gasteiger partial charge in [0, 0.05) is 12.7 Å². The number of hydrogen-bond acceptors (Lipinski definition) is 4. The Labute approximate surface area is 109 Å². The molecule has 0 radical (unpaired) electrons. The highest BCUT2D eigenvalue weighted by Crippen LogP contribution is 2.24. The van der Waals surface area contributed by atoms with Gasteiger partial charge in [-0.25, -0.2) is 14.4 Å².